The fraction of sp³-hybridized carbons (Fsp3) is 0.571. The van der Waals surface area contributed by atoms with Crippen molar-refractivity contribution < 1.29 is 9.50 Å². The highest BCUT2D eigenvalue weighted by molar-refractivity contribution is 5.23. The van der Waals surface area contributed by atoms with Gasteiger partial charge in [0.15, 0.2) is 0 Å². The molecule has 0 heterocycles. The summed E-state index contributed by atoms with van der Waals surface area (Å²) in [6, 6.07) is 6.54. The second-order valence-electron chi connectivity index (χ2n) is 5.11. The Hall–Kier alpha value is -0.890. The first-order valence-electron chi connectivity index (χ1n) is 6.07. The summed E-state index contributed by atoms with van der Waals surface area (Å²) in [4.78, 5) is 0. The minimum absolute atomic E-state index is 0.300. The van der Waals surface area contributed by atoms with Crippen LogP contribution in [0.5, 0.6) is 0 Å². The summed E-state index contributed by atoms with van der Waals surface area (Å²) in [7, 11) is 0. The van der Waals surface area contributed by atoms with E-state index in [1.165, 1.54) is 31.7 Å². The zero-order chi connectivity index (χ0) is 11.6. The van der Waals surface area contributed by atoms with Crippen LogP contribution in [0.15, 0.2) is 24.3 Å². The third-order valence-corrected chi connectivity index (χ3v) is 3.61. The molecule has 0 spiro atoms. The van der Waals surface area contributed by atoms with Gasteiger partial charge in [0.25, 0.3) is 0 Å². The molecule has 0 aliphatic heterocycles. The number of hydrogen-bond donors (Lipinski definition) is 1. The first-order chi connectivity index (χ1) is 7.59. The fourth-order valence-electron chi connectivity index (χ4n) is 2.78. The number of rotatable bonds is 3. The predicted octanol–water partition coefficient (Wildman–Crippen LogP) is 3.61. The van der Waals surface area contributed by atoms with Crippen molar-refractivity contribution in [3.63, 3.8) is 0 Å². The van der Waals surface area contributed by atoms with E-state index in [0.29, 0.717) is 17.9 Å². The first-order valence-corrected chi connectivity index (χ1v) is 6.07. The molecule has 88 valence electrons. The second kappa shape index (κ2) is 4.54. The van der Waals surface area contributed by atoms with E-state index in [1.807, 2.05) is 0 Å². The summed E-state index contributed by atoms with van der Waals surface area (Å²) < 4.78 is 13.6. The third-order valence-electron chi connectivity index (χ3n) is 3.61. The van der Waals surface area contributed by atoms with Gasteiger partial charge in [0.2, 0.25) is 0 Å². The van der Waals surface area contributed by atoms with Crippen LogP contribution in [0.2, 0.25) is 0 Å². The predicted molar refractivity (Wildman–Crippen MR) is 62.5 cm³/mol. The second-order valence-corrected chi connectivity index (χ2v) is 5.11. The molecule has 1 nitrogen and oxygen atoms in total. The van der Waals surface area contributed by atoms with Gasteiger partial charge >= 0.3 is 0 Å². The van der Waals surface area contributed by atoms with Gasteiger partial charge in [-0.25, -0.2) is 4.39 Å². The molecule has 1 aliphatic carbocycles. The Morgan fingerprint density at radius 3 is 2.56 bits per heavy atom. The molecule has 1 unspecified atom stereocenters. The molecule has 1 atom stereocenters. The van der Waals surface area contributed by atoms with Crippen molar-refractivity contribution in [2.75, 3.05) is 0 Å². The van der Waals surface area contributed by atoms with E-state index in [0.717, 1.165) is 0 Å². The molecule has 1 aliphatic rings. The van der Waals surface area contributed by atoms with Crippen molar-refractivity contribution in [1.82, 2.24) is 0 Å². The number of benzene rings is 1. The van der Waals surface area contributed by atoms with Crippen LogP contribution in [0, 0.1) is 11.7 Å². The van der Waals surface area contributed by atoms with E-state index < -0.39 is 5.60 Å². The van der Waals surface area contributed by atoms with Gasteiger partial charge in [-0.2, -0.15) is 0 Å². The minimum atomic E-state index is -1.03. The Kier molecular flexibility index (Phi) is 3.29. The van der Waals surface area contributed by atoms with Crippen molar-refractivity contribution in [2.45, 2.75) is 44.6 Å². The van der Waals surface area contributed by atoms with Crippen LogP contribution in [-0.2, 0) is 5.60 Å². The smallest absolute Gasteiger partial charge is 0.129 e. The van der Waals surface area contributed by atoms with Gasteiger partial charge in [-0.15, -0.1) is 0 Å². The average Bonchev–Trinajstić information content (AvgIpc) is 2.70. The Labute approximate surface area is 96.3 Å². The van der Waals surface area contributed by atoms with Crippen molar-refractivity contribution in [1.29, 1.82) is 0 Å². The summed E-state index contributed by atoms with van der Waals surface area (Å²) >= 11 is 0. The zero-order valence-corrected chi connectivity index (χ0v) is 9.75. The monoisotopic (exact) mass is 222 g/mol. The number of halogens is 1. The maximum Gasteiger partial charge on any atom is 0.129 e. The number of aliphatic hydroxyl groups is 1. The lowest BCUT2D eigenvalue weighted by Crippen LogP contribution is -2.25. The van der Waals surface area contributed by atoms with Crippen LogP contribution in [0.25, 0.3) is 0 Å². The summed E-state index contributed by atoms with van der Waals surface area (Å²) in [5.74, 6) is 0.250. The molecule has 0 aromatic heterocycles. The molecule has 2 heteroatoms. The van der Waals surface area contributed by atoms with Crippen molar-refractivity contribution in [2.24, 2.45) is 5.92 Å². The minimum Gasteiger partial charge on any atom is -0.385 e. The zero-order valence-electron chi connectivity index (χ0n) is 9.75. The quantitative estimate of drug-likeness (QED) is 0.828. The van der Waals surface area contributed by atoms with E-state index in [2.05, 4.69) is 0 Å². The van der Waals surface area contributed by atoms with Gasteiger partial charge in [0.1, 0.15) is 5.82 Å². The molecule has 2 rings (SSSR count). The Bertz CT molecular complexity index is 354. The summed E-state index contributed by atoms with van der Waals surface area (Å²) in [6.07, 6.45) is 5.51. The third kappa shape index (κ3) is 2.43. The maximum atomic E-state index is 13.6. The van der Waals surface area contributed by atoms with Crippen LogP contribution in [0.4, 0.5) is 4.39 Å². The molecule has 16 heavy (non-hydrogen) atoms. The normalized spacial score (nSPS) is 20.9. The van der Waals surface area contributed by atoms with Crippen LogP contribution in [0.1, 0.15) is 44.6 Å². The van der Waals surface area contributed by atoms with Gasteiger partial charge in [-0.05, 0) is 25.3 Å². The molecule has 1 aromatic carbocycles. The van der Waals surface area contributed by atoms with Crippen LogP contribution < -0.4 is 0 Å². The van der Waals surface area contributed by atoms with E-state index in [9.17, 15) is 9.50 Å². The highest BCUT2D eigenvalue weighted by atomic mass is 19.1. The average molecular weight is 222 g/mol. The molecule has 1 aromatic rings. The van der Waals surface area contributed by atoms with Gasteiger partial charge in [0, 0.05) is 5.56 Å². The standard InChI is InChI=1S/C14H19FO/c1-14(16,10-11-6-2-3-7-11)12-8-4-5-9-13(12)15/h4-5,8-9,11,16H,2-3,6-7,10H2,1H3. The summed E-state index contributed by atoms with van der Waals surface area (Å²) in [5.41, 5.74) is -0.595. The molecular formula is C14H19FO. The molecule has 1 N–H and O–H groups in total. The summed E-state index contributed by atoms with van der Waals surface area (Å²) in [6.45, 7) is 1.73. The van der Waals surface area contributed by atoms with E-state index in [-0.39, 0.29) is 5.82 Å². The van der Waals surface area contributed by atoms with E-state index in [4.69, 9.17) is 0 Å². The lowest BCUT2D eigenvalue weighted by atomic mass is 9.85. The topological polar surface area (TPSA) is 20.2 Å². The van der Waals surface area contributed by atoms with Gasteiger partial charge in [0.05, 0.1) is 5.60 Å². The van der Waals surface area contributed by atoms with Crippen LogP contribution in [0.3, 0.4) is 0 Å². The summed E-state index contributed by atoms with van der Waals surface area (Å²) in [5, 5.41) is 10.4. The Morgan fingerprint density at radius 1 is 1.31 bits per heavy atom. The van der Waals surface area contributed by atoms with Gasteiger partial charge in [-0.1, -0.05) is 43.9 Å². The molecule has 0 radical (unpaired) electrons. The lowest BCUT2D eigenvalue weighted by molar-refractivity contribution is 0.0274. The number of hydrogen-bond acceptors (Lipinski definition) is 1. The highest BCUT2D eigenvalue weighted by Gasteiger charge is 2.30. The van der Waals surface area contributed by atoms with E-state index >= 15 is 0 Å². The lowest BCUT2D eigenvalue weighted by Gasteiger charge is -2.27. The Balaban J connectivity index is 2.14. The Morgan fingerprint density at radius 2 is 1.94 bits per heavy atom. The maximum absolute atomic E-state index is 13.6. The molecular weight excluding hydrogens is 203 g/mol. The first kappa shape index (κ1) is 11.6. The van der Waals surface area contributed by atoms with Crippen molar-refractivity contribution >= 4 is 0 Å². The highest BCUT2D eigenvalue weighted by Crippen LogP contribution is 2.37. The SMILES string of the molecule is CC(O)(CC1CCCC1)c1ccccc1F. The van der Waals surface area contributed by atoms with E-state index in [1.54, 1.807) is 25.1 Å². The van der Waals surface area contributed by atoms with Gasteiger partial charge < -0.3 is 5.11 Å². The molecule has 0 amide bonds. The molecule has 0 saturated heterocycles. The van der Waals surface area contributed by atoms with Crippen LogP contribution >= 0.6 is 0 Å². The molecule has 1 fully saturated rings. The molecule has 1 saturated carbocycles. The van der Waals surface area contributed by atoms with Gasteiger partial charge in [-0.3, -0.25) is 0 Å². The van der Waals surface area contributed by atoms with Crippen molar-refractivity contribution in [3.8, 4) is 0 Å². The van der Waals surface area contributed by atoms with Crippen molar-refractivity contribution in [3.05, 3.63) is 35.6 Å². The molecule has 0 bridgehead atoms. The fourth-order valence-corrected chi connectivity index (χ4v) is 2.78. The largest absolute Gasteiger partial charge is 0.385 e. The van der Waals surface area contributed by atoms with Crippen LogP contribution in [-0.4, -0.2) is 5.11 Å².